The predicted octanol–water partition coefficient (Wildman–Crippen LogP) is 10.5. The highest BCUT2D eigenvalue weighted by Crippen LogP contribution is 2.53. The SMILES string of the molecule is CC1(C)c2ccccc2-c2c1ccc1c2oc2c(-c3cccc(C#N)c3-n3c4ccccc4c4ccccc43)cccc21. The van der Waals surface area contributed by atoms with Crippen molar-refractivity contribution in [1.29, 1.82) is 5.26 Å². The molecular weight excluding hydrogens is 524 g/mol. The van der Waals surface area contributed by atoms with E-state index in [1.54, 1.807) is 0 Å². The first kappa shape index (κ1) is 24.1. The van der Waals surface area contributed by atoms with E-state index in [-0.39, 0.29) is 5.41 Å². The van der Waals surface area contributed by atoms with E-state index in [1.807, 2.05) is 12.1 Å². The van der Waals surface area contributed by atoms with Crippen molar-refractivity contribution >= 4 is 43.7 Å². The van der Waals surface area contributed by atoms with Gasteiger partial charge in [-0.2, -0.15) is 5.26 Å². The molecule has 43 heavy (non-hydrogen) atoms. The summed E-state index contributed by atoms with van der Waals surface area (Å²) in [6.45, 7) is 4.59. The molecule has 0 saturated heterocycles. The Morgan fingerprint density at radius 1 is 0.558 bits per heavy atom. The lowest BCUT2D eigenvalue weighted by Crippen LogP contribution is -2.14. The number of nitrogens with zero attached hydrogens (tertiary/aromatic N) is 2. The van der Waals surface area contributed by atoms with Crippen LogP contribution in [0.25, 0.3) is 71.7 Å². The molecule has 0 saturated carbocycles. The topological polar surface area (TPSA) is 41.9 Å². The van der Waals surface area contributed by atoms with Gasteiger partial charge in [-0.25, -0.2) is 0 Å². The molecule has 1 aliphatic carbocycles. The van der Waals surface area contributed by atoms with E-state index in [4.69, 9.17) is 4.42 Å². The fourth-order valence-corrected chi connectivity index (χ4v) is 7.51. The van der Waals surface area contributed by atoms with Gasteiger partial charge in [-0.15, -0.1) is 0 Å². The van der Waals surface area contributed by atoms with Gasteiger partial charge in [0.25, 0.3) is 0 Å². The van der Waals surface area contributed by atoms with Crippen molar-refractivity contribution in [3.05, 3.63) is 138 Å². The predicted molar refractivity (Wildman–Crippen MR) is 176 cm³/mol. The van der Waals surface area contributed by atoms with E-state index in [2.05, 4.69) is 134 Å². The van der Waals surface area contributed by atoms with Crippen LogP contribution in [0.3, 0.4) is 0 Å². The van der Waals surface area contributed by atoms with Crippen molar-refractivity contribution in [2.45, 2.75) is 19.3 Å². The maximum atomic E-state index is 10.4. The molecule has 0 radical (unpaired) electrons. The van der Waals surface area contributed by atoms with Gasteiger partial charge in [0.05, 0.1) is 22.3 Å². The van der Waals surface area contributed by atoms with Crippen LogP contribution in [0.2, 0.25) is 0 Å². The molecule has 0 atom stereocenters. The molecule has 3 nitrogen and oxygen atoms in total. The number of aromatic nitrogens is 1. The summed E-state index contributed by atoms with van der Waals surface area (Å²) in [6, 6.07) is 44.9. The maximum absolute atomic E-state index is 10.4. The highest BCUT2D eigenvalue weighted by molar-refractivity contribution is 6.16. The first-order valence-corrected chi connectivity index (χ1v) is 14.7. The smallest absolute Gasteiger partial charge is 0.143 e. The molecule has 202 valence electrons. The van der Waals surface area contributed by atoms with Crippen LogP contribution in [0.5, 0.6) is 0 Å². The Kier molecular flexibility index (Phi) is 4.74. The monoisotopic (exact) mass is 550 g/mol. The zero-order chi connectivity index (χ0) is 28.9. The maximum Gasteiger partial charge on any atom is 0.143 e. The average molecular weight is 551 g/mol. The second-order valence-electron chi connectivity index (χ2n) is 12.0. The summed E-state index contributed by atoms with van der Waals surface area (Å²) in [6.07, 6.45) is 0. The fraction of sp³-hybridized carbons (Fsp3) is 0.0750. The molecule has 2 aromatic heterocycles. The molecule has 9 rings (SSSR count). The largest absolute Gasteiger partial charge is 0.455 e. The molecule has 0 unspecified atom stereocenters. The lowest BCUT2D eigenvalue weighted by atomic mass is 9.82. The van der Waals surface area contributed by atoms with Crippen molar-refractivity contribution in [3.8, 4) is 34.0 Å². The molecule has 0 amide bonds. The van der Waals surface area contributed by atoms with Crippen LogP contribution in [0.4, 0.5) is 0 Å². The Morgan fingerprint density at radius 2 is 1.16 bits per heavy atom. The minimum Gasteiger partial charge on any atom is -0.455 e. The highest BCUT2D eigenvalue weighted by atomic mass is 16.3. The number of hydrogen-bond acceptors (Lipinski definition) is 2. The van der Waals surface area contributed by atoms with Gasteiger partial charge in [0.2, 0.25) is 0 Å². The van der Waals surface area contributed by atoms with Gasteiger partial charge in [0.15, 0.2) is 0 Å². The Morgan fingerprint density at radius 3 is 1.93 bits per heavy atom. The van der Waals surface area contributed by atoms with Crippen LogP contribution in [0, 0.1) is 11.3 Å². The molecule has 8 aromatic rings. The summed E-state index contributed by atoms with van der Waals surface area (Å²) in [4.78, 5) is 0. The third-order valence-electron chi connectivity index (χ3n) is 9.46. The molecule has 1 aliphatic rings. The molecule has 0 fully saturated rings. The van der Waals surface area contributed by atoms with Crippen molar-refractivity contribution < 1.29 is 4.42 Å². The Hall–Kier alpha value is -5.59. The Labute approximate surface area is 248 Å². The van der Waals surface area contributed by atoms with Crippen LogP contribution in [-0.4, -0.2) is 4.57 Å². The van der Waals surface area contributed by atoms with Gasteiger partial charge >= 0.3 is 0 Å². The van der Waals surface area contributed by atoms with Crippen molar-refractivity contribution in [3.63, 3.8) is 0 Å². The number of furan rings is 1. The first-order valence-electron chi connectivity index (χ1n) is 14.7. The summed E-state index contributed by atoms with van der Waals surface area (Å²) < 4.78 is 9.21. The van der Waals surface area contributed by atoms with E-state index in [1.165, 1.54) is 22.3 Å². The van der Waals surface area contributed by atoms with E-state index in [9.17, 15) is 5.26 Å². The molecule has 0 spiro atoms. The van der Waals surface area contributed by atoms with E-state index >= 15 is 0 Å². The Bertz CT molecular complexity index is 2450. The molecule has 3 heteroatoms. The van der Waals surface area contributed by atoms with Gasteiger partial charge in [-0.3, -0.25) is 0 Å². The second kappa shape index (κ2) is 8.47. The molecule has 6 aromatic carbocycles. The van der Waals surface area contributed by atoms with Crippen LogP contribution >= 0.6 is 0 Å². The fourth-order valence-electron chi connectivity index (χ4n) is 7.51. The number of fused-ring (bicyclic) bond motifs is 10. The van der Waals surface area contributed by atoms with E-state index in [0.29, 0.717) is 5.56 Å². The number of para-hydroxylation sites is 4. The van der Waals surface area contributed by atoms with Crippen LogP contribution in [-0.2, 0) is 5.41 Å². The summed E-state index contributed by atoms with van der Waals surface area (Å²) >= 11 is 0. The van der Waals surface area contributed by atoms with Gasteiger partial charge in [0.1, 0.15) is 17.2 Å². The lowest BCUT2D eigenvalue weighted by molar-refractivity contribution is 0.653. The van der Waals surface area contributed by atoms with Crippen LogP contribution < -0.4 is 0 Å². The molecule has 0 N–H and O–H groups in total. The summed E-state index contributed by atoms with van der Waals surface area (Å²) in [5, 5.41) is 14.9. The highest BCUT2D eigenvalue weighted by Gasteiger charge is 2.37. The average Bonchev–Trinajstić information content (AvgIpc) is 3.67. The van der Waals surface area contributed by atoms with Crippen LogP contribution in [0.15, 0.2) is 126 Å². The Balaban J connectivity index is 1.39. The number of hydrogen-bond donors (Lipinski definition) is 0. The van der Waals surface area contributed by atoms with Crippen molar-refractivity contribution in [2.75, 3.05) is 0 Å². The number of rotatable bonds is 2. The second-order valence-corrected chi connectivity index (χ2v) is 12.0. The number of nitriles is 1. The number of benzene rings is 6. The van der Waals surface area contributed by atoms with Crippen LogP contribution in [0.1, 0.15) is 30.5 Å². The van der Waals surface area contributed by atoms with Gasteiger partial charge in [0, 0.05) is 43.7 Å². The minimum atomic E-state index is -0.104. The van der Waals surface area contributed by atoms with Gasteiger partial charge < -0.3 is 8.98 Å². The third kappa shape index (κ3) is 3.07. The van der Waals surface area contributed by atoms with Gasteiger partial charge in [-0.1, -0.05) is 117 Å². The summed E-state index contributed by atoms with van der Waals surface area (Å²) in [5.74, 6) is 0. The van der Waals surface area contributed by atoms with Crippen molar-refractivity contribution in [1.82, 2.24) is 4.57 Å². The lowest BCUT2D eigenvalue weighted by Gasteiger charge is -2.21. The first-order chi connectivity index (χ1) is 21.1. The molecular formula is C40H26N2O. The van der Waals surface area contributed by atoms with E-state index < -0.39 is 0 Å². The molecule has 2 heterocycles. The molecule has 0 aliphatic heterocycles. The standard InChI is InChI=1S/C40H26N2O/c1-40(2)32-18-6-3-14-31(32)36-33(40)22-21-30-29-17-10-16-28(38(29)43-39(30)36)27-15-9-11-24(23-41)37(27)42-34-19-7-4-12-25(34)26-13-5-8-20-35(26)42/h3-22H,1-2H3. The van der Waals surface area contributed by atoms with Gasteiger partial charge in [-0.05, 0) is 34.9 Å². The minimum absolute atomic E-state index is 0.104. The summed E-state index contributed by atoms with van der Waals surface area (Å²) in [7, 11) is 0. The quantitative estimate of drug-likeness (QED) is 0.215. The normalized spacial score (nSPS) is 13.5. The third-order valence-corrected chi connectivity index (χ3v) is 9.46. The van der Waals surface area contributed by atoms with Crippen molar-refractivity contribution in [2.24, 2.45) is 0 Å². The summed E-state index contributed by atoms with van der Waals surface area (Å²) in [5.41, 5.74) is 12.3. The zero-order valence-corrected chi connectivity index (χ0v) is 23.8. The zero-order valence-electron chi connectivity index (χ0n) is 23.8. The molecule has 0 bridgehead atoms. The van der Waals surface area contributed by atoms with E-state index in [0.717, 1.165) is 60.6 Å².